The SMILES string of the molecule is CC(C)(CCc1ccccc1)C[C@H](NC(=O)O)C(NC(=O)O)c1ccccc1. The van der Waals surface area contributed by atoms with Gasteiger partial charge in [0.05, 0.1) is 12.1 Å². The minimum atomic E-state index is -1.19. The summed E-state index contributed by atoms with van der Waals surface area (Å²) in [6.07, 6.45) is -0.143. The van der Waals surface area contributed by atoms with Crippen LogP contribution < -0.4 is 10.6 Å². The van der Waals surface area contributed by atoms with Crippen LogP contribution in [-0.2, 0) is 6.42 Å². The molecule has 0 aliphatic carbocycles. The molecule has 4 N–H and O–H groups in total. The Hall–Kier alpha value is -3.02. The first-order valence-electron chi connectivity index (χ1n) is 9.35. The van der Waals surface area contributed by atoms with E-state index in [2.05, 4.69) is 36.6 Å². The normalized spacial score (nSPS) is 13.4. The van der Waals surface area contributed by atoms with E-state index in [0.29, 0.717) is 6.42 Å². The van der Waals surface area contributed by atoms with E-state index in [0.717, 1.165) is 18.4 Å². The second-order valence-electron chi connectivity index (χ2n) is 7.75. The van der Waals surface area contributed by atoms with Crippen molar-refractivity contribution in [3.63, 3.8) is 0 Å². The predicted octanol–water partition coefficient (Wildman–Crippen LogP) is 4.68. The molecule has 0 bridgehead atoms. The minimum absolute atomic E-state index is 0.198. The second kappa shape index (κ2) is 9.78. The Morgan fingerprint density at radius 1 is 0.893 bits per heavy atom. The van der Waals surface area contributed by atoms with Gasteiger partial charge in [0.15, 0.2) is 0 Å². The van der Waals surface area contributed by atoms with Crippen LogP contribution in [-0.4, -0.2) is 28.4 Å². The van der Waals surface area contributed by atoms with Gasteiger partial charge in [0, 0.05) is 0 Å². The maximum atomic E-state index is 11.4. The van der Waals surface area contributed by atoms with Crippen molar-refractivity contribution in [2.24, 2.45) is 5.41 Å². The van der Waals surface area contributed by atoms with E-state index < -0.39 is 24.3 Å². The van der Waals surface area contributed by atoms with E-state index in [1.165, 1.54) is 5.56 Å². The number of carbonyl (C=O) groups is 2. The van der Waals surface area contributed by atoms with Gasteiger partial charge in [-0.2, -0.15) is 0 Å². The lowest BCUT2D eigenvalue weighted by Gasteiger charge is -2.34. The summed E-state index contributed by atoms with van der Waals surface area (Å²) >= 11 is 0. The predicted molar refractivity (Wildman–Crippen MR) is 108 cm³/mol. The van der Waals surface area contributed by atoms with Crippen molar-refractivity contribution in [2.45, 2.75) is 45.2 Å². The zero-order chi connectivity index (χ0) is 20.6. The third-order valence-electron chi connectivity index (χ3n) is 4.85. The molecular weight excluding hydrogens is 356 g/mol. The molecule has 0 spiro atoms. The lowest BCUT2D eigenvalue weighted by Crippen LogP contribution is -2.47. The fourth-order valence-electron chi connectivity index (χ4n) is 3.45. The quantitative estimate of drug-likeness (QED) is 0.504. The zero-order valence-electron chi connectivity index (χ0n) is 16.3. The second-order valence-corrected chi connectivity index (χ2v) is 7.75. The number of nitrogens with one attached hydrogen (secondary N) is 2. The highest BCUT2D eigenvalue weighted by atomic mass is 16.4. The molecular formula is C22H28N2O4. The molecule has 0 fully saturated rings. The van der Waals surface area contributed by atoms with Gasteiger partial charge in [0.1, 0.15) is 0 Å². The molecule has 2 rings (SSSR count). The number of rotatable bonds is 9. The number of hydrogen-bond acceptors (Lipinski definition) is 2. The molecule has 6 heteroatoms. The molecule has 0 saturated carbocycles. The van der Waals surface area contributed by atoms with E-state index in [4.69, 9.17) is 0 Å². The minimum Gasteiger partial charge on any atom is -0.465 e. The van der Waals surface area contributed by atoms with E-state index in [9.17, 15) is 19.8 Å². The molecule has 2 aromatic carbocycles. The number of carboxylic acid groups (broad SMARTS) is 2. The fraction of sp³-hybridized carbons (Fsp3) is 0.364. The summed E-state index contributed by atoms with van der Waals surface area (Å²) in [5, 5.41) is 23.6. The van der Waals surface area contributed by atoms with Gasteiger partial charge in [-0.05, 0) is 35.8 Å². The van der Waals surface area contributed by atoms with Crippen LogP contribution in [0.25, 0.3) is 0 Å². The average molecular weight is 384 g/mol. The third kappa shape index (κ3) is 6.95. The molecule has 0 saturated heterocycles. The van der Waals surface area contributed by atoms with Crippen molar-refractivity contribution in [3.8, 4) is 0 Å². The van der Waals surface area contributed by atoms with Crippen molar-refractivity contribution in [2.75, 3.05) is 0 Å². The van der Waals surface area contributed by atoms with Gasteiger partial charge in [0.2, 0.25) is 0 Å². The Morgan fingerprint density at radius 2 is 1.43 bits per heavy atom. The summed E-state index contributed by atoms with van der Waals surface area (Å²) in [7, 11) is 0. The first kappa shape index (κ1) is 21.3. The van der Waals surface area contributed by atoms with Gasteiger partial charge in [-0.1, -0.05) is 74.5 Å². The van der Waals surface area contributed by atoms with Gasteiger partial charge in [-0.25, -0.2) is 9.59 Å². The summed E-state index contributed by atoms with van der Waals surface area (Å²) in [6, 6.07) is 17.9. The Kier molecular flexibility index (Phi) is 7.44. The molecule has 0 aliphatic heterocycles. The van der Waals surface area contributed by atoms with Gasteiger partial charge < -0.3 is 20.8 Å². The first-order valence-corrected chi connectivity index (χ1v) is 9.35. The van der Waals surface area contributed by atoms with E-state index in [1.807, 2.05) is 36.4 Å². The molecule has 0 aliphatic rings. The van der Waals surface area contributed by atoms with Gasteiger partial charge in [-0.3, -0.25) is 0 Å². The van der Waals surface area contributed by atoms with Gasteiger partial charge in [-0.15, -0.1) is 0 Å². The molecule has 2 amide bonds. The van der Waals surface area contributed by atoms with Crippen LogP contribution in [0.1, 0.15) is 43.9 Å². The van der Waals surface area contributed by atoms with E-state index >= 15 is 0 Å². The summed E-state index contributed by atoms with van der Waals surface area (Å²) in [6.45, 7) is 4.16. The molecule has 150 valence electrons. The lowest BCUT2D eigenvalue weighted by molar-refractivity contribution is 0.162. The Labute approximate surface area is 165 Å². The van der Waals surface area contributed by atoms with Crippen LogP contribution in [0, 0.1) is 5.41 Å². The van der Waals surface area contributed by atoms with E-state index in [-0.39, 0.29) is 5.41 Å². The third-order valence-corrected chi connectivity index (χ3v) is 4.85. The average Bonchev–Trinajstić information content (AvgIpc) is 2.65. The highest BCUT2D eigenvalue weighted by Gasteiger charge is 2.32. The van der Waals surface area contributed by atoms with Crippen molar-refractivity contribution >= 4 is 12.2 Å². The molecule has 0 aromatic heterocycles. The smallest absolute Gasteiger partial charge is 0.405 e. The number of hydrogen-bond donors (Lipinski definition) is 4. The standard InChI is InChI=1S/C22H28N2O4/c1-22(2,14-13-16-9-5-3-6-10-16)15-18(23-20(25)26)19(24-21(27)28)17-11-7-4-8-12-17/h3-12,18-19,23-24H,13-15H2,1-2H3,(H,25,26)(H,27,28)/t18-,19?/m0/s1. The monoisotopic (exact) mass is 384 g/mol. The van der Waals surface area contributed by atoms with Crippen molar-refractivity contribution < 1.29 is 19.8 Å². The Balaban J connectivity index is 2.19. The Bertz CT molecular complexity index is 763. The number of aryl methyl sites for hydroxylation is 1. The van der Waals surface area contributed by atoms with Crippen LogP contribution in [0.5, 0.6) is 0 Å². The van der Waals surface area contributed by atoms with E-state index in [1.54, 1.807) is 12.1 Å². The molecule has 28 heavy (non-hydrogen) atoms. The van der Waals surface area contributed by atoms with Crippen LogP contribution >= 0.6 is 0 Å². The lowest BCUT2D eigenvalue weighted by atomic mass is 9.78. The van der Waals surface area contributed by atoms with Gasteiger partial charge in [0.25, 0.3) is 0 Å². The highest BCUT2D eigenvalue weighted by molar-refractivity contribution is 5.67. The molecule has 1 unspecified atom stereocenters. The fourth-order valence-corrected chi connectivity index (χ4v) is 3.45. The molecule has 0 radical (unpaired) electrons. The van der Waals surface area contributed by atoms with Crippen LogP contribution in [0.4, 0.5) is 9.59 Å². The van der Waals surface area contributed by atoms with Crippen LogP contribution in [0.2, 0.25) is 0 Å². The summed E-state index contributed by atoms with van der Waals surface area (Å²) in [4.78, 5) is 22.8. The zero-order valence-corrected chi connectivity index (χ0v) is 16.3. The molecule has 6 nitrogen and oxygen atoms in total. The van der Waals surface area contributed by atoms with Crippen LogP contribution in [0.15, 0.2) is 60.7 Å². The first-order chi connectivity index (χ1) is 13.3. The maximum absolute atomic E-state index is 11.4. The summed E-state index contributed by atoms with van der Waals surface area (Å²) in [5.41, 5.74) is 1.75. The molecule has 2 aromatic rings. The number of amides is 2. The van der Waals surface area contributed by atoms with Crippen molar-refractivity contribution in [1.29, 1.82) is 0 Å². The van der Waals surface area contributed by atoms with Crippen molar-refractivity contribution in [1.82, 2.24) is 10.6 Å². The summed E-state index contributed by atoms with van der Waals surface area (Å²) < 4.78 is 0. The molecule has 0 heterocycles. The largest absolute Gasteiger partial charge is 0.465 e. The maximum Gasteiger partial charge on any atom is 0.405 e. The number of benzene rings is 2. The Morgan fingerprint density at radius 3 is 1.96 bits per heavy atom. The summed E-state index contributed by atoms with van der Waals surface area (Å²) in [5.74, 6) is 0. The molecule has 2 atom stereocenters. The van der Waals surface area contributed by atoms with Gasteiger partial charge >= 0.3 is 12.2 Å². The highest BCUT2D eigenvalue weighted by Crippen LogP contribution is 2.33. The topological polar surface area (TPSA) is 98.7 Å². The van der Waals surface area contributed by atoms with Crippen LogP contribution in [0.3, 0.4) is 0 Å². The van der Waals surface area contributed by atoms with Crippen molar-refractivity contribution in [3.05, 3.63) is 71.8 Å².